The molecule has 0 aromatic heterocycles. The summed E-state index contributed by atoms with van der Waals surface area (Å²) in [4.78, 5) is 0.0412. The summed E-state index contributed by atoms with van der Waals surface area (Å²) in [6.07, 6.45) is 18.2. The van der Waals surface area contributed by atoms with Crippen LogP contribution in [0.15, 0.2) is 35.2 Å². The van der Waals surface area contributed by atoms with Crippen LogP contribution in [-0.4, -0.2) is 13.0 Å². The summed E-state index contributed by atoms with van der Waals surface area (Å²) < 4.78 is 37.0. The Hall–Kier alpha value is -0.390. The Morgan fingerprint density at radius 3 is 1.64 bits per heavy atom. The molecule has 0 saturated heterocycles. The molecule has 0 aliphatic carbocycles. The van der Waals surface area contributed by atoms with E-state index in [1.807, 2.05) is 30.3 Å². The minimum Gasteiger partial charge on any atom is -0.744 e. The van der Waals surface area contributed by atoms with Crippen molar-refractivity contribution in [1.82, 2.24) is 0 Å². The van der Waals surface area contributed by atoms with Crippen molar-refractivity contribution in [3.63, 3.8) is 0 Å². The summed E-state index contributed by atoms with van der Waals surface area (Å²) in [7, 11) is -4.53. The summed E-state index contributed by atoms with van der Waals surface area (Å²) in [5.74, 6) is 0. The zero-order valence-electron chi connectivity index (χ0n) is 21.3. The molecule has 5 heteroatoms. The number of unbranched alkanes of at least 4 members (excludes halogenated alkanes) is 12. The molecule has 0 aliphatic rings. The van der Waals surface area contributed by atoms with Gasteiger partial charge in [0.25, 0.3) is 0 Å². The van der Waals surface area contributed by atoms with Crippen molar-refractivity contribution in [3.05, 3.63) is 41.5 Å². The van der Waals surface area contributed by atoms with Gasteiger partial charge in [-0.3, -0.25) is 0 Å². The number of hydrogen-bond donors (Lipinski definition) is 0. The summed E-state index contributed by atoms with van der Waals surface area (Å²) in [6, 6.07) is 9.77. The van der Waals surface area contributed by atoms with Crippen molar-refractivity contribution >= 4 is 20.9 Å². The quantitative estimate of drug-likeness (QED) is 0.174. The molecule has 180 valence electrons. The van der Waals surface area contributed by atoms with Crippen molar-refractivity contribution in [2.75, 3.05) is 0 Å². The first-order valence-electron chi connectivity index (χ1n) is 13.0. The molecule has 0 atom stereocenters. The fourth-order valence-electron chi connectivity index (χ4n) is 4.70. The van der Waals surface area contributed by atoms with Gasteiger partial charge in [-0.1, -0.05) is 121 Å². The van der Waals surface area contributed by atoms with E-state index in [0.29, 0.717) is 17.4 Å². The molecular formula is C28H43NaO3S. The number of fused-ring (bicyclic) bond motifs is 1. The van der Waals surface area contributed by atoms with Crippen LogP contribution < -0.4 is 29.6 Å². The van der Waals surface area contributed by atoms with Gasteiger partial charge < -0.3 is 4.55 Å². The van der Waals surface area contributed by atoms with Crippen molar-refractivity contribution in [2.45, 2.75) is 121 Å². The first-order chi connectivity index (χ1) is 15.5. The van der Waals surface area contributed by atoms with Crippen molar-refractivity contribution in [3.8, 4) is 0 Å². The summed E-state index contributed by atoms with van der Waals surface area (Å²) in [5, 5.41) is 1.54. The third-order valence-corrected chi connectivity index (χ3v) is 7.48. The van der Waals surface area contributed by atoms with E-state index in [9.17, 15) is 13.0 Å². The molecule has 0 radical (unpaired) electrons. The first-order valence-corrected chi connectivity index (χ1v) is 14.4. The number of hydrogen-bond acceptors (Lipinski definition) is 3. The molecule has 2 aromatic carbocycles. The van der Waals surface area contributed by atoms with Gasteiger partial charge >= 0.3 is 29.6 Å². The summed E-state index contributed by atoms with van der Waals surface area (Å²) in [6.45, 7) is 4.44. The molecule has 2 aromatic rings. The zero-order valence-corrected chi connectivity index (χ0v) is 24.1. The summed E-state index contributed by atoms with van der Waals surface area (Å²) in [5.41, 5.74) is 1.71. The van der Waals surface area contributed by atoms with Crippen LogP contribution in [0.1, 0.15) is 115 Å². The third kappa shape index (κ3) is 10.8. The van der Waals surface area contributed by atoms with Crippen molar-refractivity contribution in [1.29, 1.82) is 0 Å². The molecule has 0 fully saturated rings. The van der Waals surface area contributed by atoms with Crippen molar-refractivity contribution < 1.29 is 42.5 Å². The maximum absolute atomic E-state index is 12.3. The van der Waals surface area contributed by atoms with Gasteiger partial charge in [-0.25, -0.2) is 8.42 Å². The second-order valence-corrected chi connectivity index (χ2v) is 10.6. The molecule has 0 N–H and O–H groups in total. The van der Waals surface area contributed by atoms with Crippen LogP contribution in [0.2, 0.25) is 0 Å². The molecule has 0 amide bonds. The fourth-order valence-corrected chi connectivity index (χ4v) is 5.69. The predicted molar refractivity (Wildman–Crippen MR) is 135 cm³/mol. The minimum absolute atomic E-state index is 0. The molecular weight excluding hydrogens is 439 g/mol. The smallest absolute Gasteiger partial charge is 0.744 e. The van der Waals surface area contributed by atoms with E-state index in [-0.39, 0.29) is 34.5 Å². The molecule has 0 saturated carbocycles. The standard InChI is InChI=1S/C28H44O3S.Na/c1-3-5-7-9-11-13-15-18-24-20-17-21-25-22-23-26(28(27(24)25)32(29,30)31)19-16-14-12-10-8-6-4-2;/h17,20-23H,3-16,18-19H2,1-2H3,(H,29,30,31);/q;+1/p-1. The Balaban J connectivity index is 0.00000544. The number of benzene rings is 2. The van der Waals surface area contributed by atoms with E-state index < -0.39 is 10.1 Å². The van der Waals surface area contributed by atoms with Crippen LogP contribution >= 0.6 is 0 Å². The van der Waals surface area contributed by atoms with Crippen LogP contribution in [-0.2, 0) is 23.0 Å². The molecule has 0 heterocycles. The van der Waals surface area contributed by atoms with Crippen LogP contribution in [0.4, 0.5) is 0 Å². The number of rotatable bonds is 17. The number of aryl methyl sites for hydroxylation is 2. The van der Waals surface area contributed by atoms with Crippen LogP contribution in [0.25, 0.3) is 10.8 Å². The van der Waals surface area contributed by atoms with Crippen LogP contribution in [0.5, 0.6) is 0 Å². The van der Waals surface area contributed by atoms with E-state index in [2.05, 4.69) is 13.8 Å². The first kappa shape index (κ1) is 30.6. The molecule has 33 heavy (non-hydrogen) atoms. The van der Waals surface area contributed by atoms with E-state index in [1.54, 1.807) is 0 Å². The molecule has 0 aliphatic heterocycles. The van der Waals surface area contributed by atoms with Crippen LogP contribution in [0.3, 0.4) is 0 Å². The van der Waals surface area contributed by atoms with Gasteiger partial charge in [0.1, 0.15) is 10.1 Å². The average molecular weight is 483 g/mol. The maximum Gasteiger partial charge on any atom is 1.00 e. The van der Waals surface area contributed by atoms with E-state index in [4.69, 9.17) is 0 Å². The van der Waals surface area contributed by atoms with E-state index in [0.717, 1.165) is 43.1 Å². The largest absolute Gasteiger partial charge is 1.00 e. The van der Waals surface area contributed by atoms with E-state index >= 15 is 0 Å². The fraction of sp³-hybridized carbons (Fsp3) is 0.643. The Morgan fingerprint density at radius 2 is 1.12 bits per heavy atom. The molecule has 0 bridgehead atoms. The monoisotopic (exact) mass is 482 g/mol. The Bertz CT molecular complexity index is 909. The zero-order chi connectivity index (χ0) is 23.2. The van der Waals surface area contributed by atoms with Crippen molar-refractivity contribution in [2.24, 2.45) is 0 Å². The minimum atomic E-state index is -4.53. The second kappa shape index (κ2) is 17.1. The topological polar surface area (TPSA) is 57.2 Å². The molecule has 0 spiro atoms. The average Bonchev–Trinajstić information content (AvgIpc) is 2.77. The van der Waals surface area contributed by atoms with Gasteiger partial charge in [-0.2, -0.15) is 0 Å². The van der Waals surface area contributed by atoms with Gasteiger partial charge in [0.05, 0.1) is 4.90 Å². The molecule has 0 unspecified atom stereocenters. The Kier molecular flexibility index (Phi) is 15.9. The molecule has 2 rings (SSSR count). The Morgan fingerprint density at radius 1 is 0.636 bits per heavy atom. The van der Waals surface area contributed by atoms with Gasteiger partial charge in [-0.05, 0) is 42.2 Å². The Labute approximate surface area is 225 Å². The van der Waals surface area contributed by atoms with Gasteiger partial charge in [-0.15, -0.1) is 0 Å². The third-order valence-electron chi connectivity index (χ3n) is 6.52. The normalized spacial score (nSPS) is 11.6. The predicted octanol–water partition coefficient (Wildman–Crippen LogP) is 5.33. The van der Waals surface area contributed by atoms with Gasteiger partial charge in [0.2, 0.25) is 0 Å². The van der Waals surface area contributed by atoms with E-state index in [1.165, 1.54) is 64.2 Å². The molecule has 3 nitrogen and oxygen atoms in total. The SMILES string of the molecule is CCCCCCCCCc1ccc2cccc(CCCCCCCCC)c2c1S(=O)(=O)[O-].[Na+]. The summed E-state index contributed by atoms with van der Waals surface area (Å²) >= 11 is 0. The maximum atomic E-state index is 12.3. The van der Waals surface area contributed by atoms with Gasteiger partial charge in [0.15, 0.2) is 0 Å². The van der Waals surface area contributed by atoms with Gasteiger partial charge in [0, 0.05) is 5.39 Å². The van der Waals surface area contributed by atoms with Crippen LogP contribution in [0, 0.1) is 0 Å². The second-order valence-electron chi connectivity index (χ2n) is 9.27.